The van der Waals surface area contributed by atoms with E-state index >= 15 is 0 Å². The lowest BCUT2D eigenvalue weighted by Crippen LogP contribution is -2.24. The van der Waals surface area contributed by atoms with E-state index < -0.39 is 11.5 Å². The van der Waals surface area contributed by atoms with Crippen molar-refractivity contribution >= 4 is 11.6 Å². The molecule has 0 bridgehead atoms. The molecule has 2 rings (SSSR count). The topological polar surface area (TPSA) is 76.5 Å². The van der Waals surface area contributed by atoms with Crippen LogP contribution in [-0.4, -0.2) is 27.2 Å². The van der Waals surface area contributed by atoms with Crippen molar-refractivity contribution in [2.24, 2.45) is 0 Å². The molecule has 84 valence electrons. The molecule has 16 heavy (non-hydrogen) atoms. The van der Waals surface area contributed by atoms with Gasteiger partial charge in [-0.2, -0.15) is 0 Å². The van der Waals surface area contributed by atoms with E-state index in [4.69, 9.17) is 4.74 Å². The van der Waals surface area contributed by atoms with Crippen LogP contribution >= 0.6 is 0 Å². The maximum atomic E-state index is 11.8. The van der Waals surface area contributed by atoms with E-state index in [0.717, 1.165) is 5.69 Å². The molecule has 0 radical (unpaired) electrons. The van der Waals surface area contributed by atoms with E-state index in [9.17, 15) is 9.59 Å². The summed E-state index contributed by atoms with van der Waals surface area (Å²) in [4.78, 5) is 27.3. The Bertz CT molecular complexity index is 597. The number of rotatable bonds is 2. The van der Waals surface area contributed by atoms with Crippen LogP contribution in [-0.2, 0) is 4.74 Å². The highest BCUT2D eigenvalue weighted by Gasteiger charge is 2.14. The number of aromatic amines is 1. The minimum atomic E-state index is -0.651. The van der Waals surface area contributed by atoms with Crippen LogP contribution in [0.15, 0.2) is 17.1 Å². The fourth-order valence-electron chi connectivity index (χ4n) is 1.43. The van der Waals surface area contributed by atoms with Crippen molar-refractivity contribution in [1.82, 2.24) is 14.6 Å². The number of aromatic nitrogens is 3. The van der Waals surface area contributed by atoms with Crippen molar-refractivity contribution in [2.45, 2.75) is 13.8 Å². The predicted octanol–water partition coefficient (Wildman–Crippen LogP) is 0.508. The van der Waals surface area contributed by atoms with Crippen molar-refractivity contribution in [3.8, 4) is 0 Å². The van der Waals surface area contributed by atoms with Gasteiger partial charge < -0.3 is 4.74 Å². The third-order valence-electron chi connectivity index (χ3n) is 2.12. The maximum Gasteiger partial charge on any atom is 0.345 e. The fourth-order valence-corrected chi connectivity index (χ4v) is 1.43. The number of fused-ring (bicyclic) bond motifs is 1. The summed E-state index contributed by atoms with van der Waals surface area (Å²) in [5.74, 6) is -0.651. The second kappa shape index (κ2) is 3.80. The monoisotopic (exact) mass is 221 g/mol. The summed E-state index contributed by atoms with van der Waals surface area (Å²) in [7, 11) is 0. The lowest BCUT2D eigenvalue weighted by Gasteiger charge is -2.00. The van der Waals surface area contributed by atoms with Crippen molar-refractivity contribution in [3.05, 3.63) is 33.9 Å². The van der Waals surface area contributed by atoms with E-state index in [1.807, 2.05) is 0 Å². The molecule has 0 aliphatic heterocycles. The van der Waals surface area contributed by atoms with Crippen molar-refractivity contribution in [2.75, 3.05) is 6.61 Å². The summed E-state index contributed by atoms with van der Waals surface area (Å²) >= 11 is 0. The number of H-pyrrole nitrogens is 1. The van der Waals surface area contributed by atoms with Crippen molar-refractivity contribution in [1.29, 1.82) is 0 Å². The quantitative estimate of drug-likeness (QED) is 0.749. The Morgan fingerprint density at radius 1 is 1.62 bits per heavy atom. The molecule has 0 saturated heterocycles. The van der Waals surface area contributed by atoms with Crippen LogP contribution in [0.4, 0.5) is 0 Å². The molecule has 0 unspecified atom stereocenters. The average Bonchev–Trinajstić information content (AvgIpc) is 2.60. The van der Waals surface area contributed by atoms with Gasteiger partial charge in [-0.3, -0.25) is 9.89 Å². The molecule has 6 heteroatoms. The van der Waals surface area contributed by atoms with Crippen LogP contribution in [0.5, 0.6) is 0 Å². The predicted molar refractivity (Wildman–Crippen MR) is 56.5 cm³/mol. The highest BCUT2D eigenvalue weighted by Crippen LogP contribution is 2.01. The van der Waals surface area contributed by atoms with Gasteiger partial charge in [0.1, 0.15) is 5.56 Å². The first kappa shape index (κ1) is 10.4. The zero-order valence-corrected chi connectivity index (χ0v) is 8.98. The minimum absolute atomic E-state index is 0.0683. The molecular formula is C10H11N3O3. The summed E-state index contributed by atoms with van der Waals surface area (Å²) < 4.78 is 5.98. The molecule has 0 aliphatic carbocycles. The first-order valence-corrected chi connectivity index (χ1v) is 4.88. The van der Waals surface area contributed by atoms with Crippen LogP contribution in [0.2, 0.25) is 0 Å². The Morgan fingerprint density at radius 3 is 3.06 bits per heavy atom. The number of hydrogen-bond acceptors (Lipinski definition) is 4. The SMILES string of the molecule is CCOC(=O)c1cnc2cc(C)[nH]n2c1=O. The summed E-state index contributed by atoms with van der Waals surface area (Å²) in [5.41, 5.74) is 0.763. The van der Waals surface area contributed by atoms with E-state index in [-0.39, 0.29) is 12.2 Å². The van der Waals surface area contributed by atoms with Gasteiger partial charge in [0.25, 0.3) is 5.56 Å². The van der Waals surface area contributed by atoms with Crippen molar-refractivity contribution < 1.29 is 9.53 Å². The number of carbonyl (C=O) groups excluding carboxylic acids is 1. The minimum Gasteiger partial charge on any atom is -0.462 e. The molecule has 0 aromatic carbocycles. The van der Waals surface area contributed by atoms with Gasteiger partial charge in [-0.1, -0.05) is 0 Å². The molecular weight excluding hydrogens is 210 g/mol. The summed E-state index contributed by atoms with van der Waals surface area (Å²) in [6, 6.07) is 1.72. The summed E-state index contributed by atoms with van der Waals surface area (Å²) in [6.45, 7) is 3.71. The lowest BCUT2D eigenvalue weighted by atomic mass is 10.3. The second-order valence-electron chi connectivity index (χ2n) is 3.33. The van der Waals surface area contributed by atoms with Crippen LogP contribution in [0, 0.1) is 6.92 Å². The smallest absolute Gasteiger partial charge is 0.345 e. The second-order valence-corrected chi connectivity index (χ2v) is 3.33. The van der Waals surface area contributed by atoms with Gasteiger partial charge in [-0.15, -0.1) is 0 Å². The third-order valence-corrected chi connectivity index (χ3v) is 2.12. The van der Waals surface area contributed by atoms with Gasteiger partial charge in [0.2, 0.25) is 0 Å². The number of ether oxygens (including phenoxy) is 1. The molecule has 2 aromatic rings. The van der Waals surface area contributed by atoms with E-state index in [2.05, 4.69) is 10.1 Å². The van der Waals surface area contributed by atoms with Crippen LogP contribution in [0.3, 0.4) is 0 Å². The molecule has 6 nitrogen and oxygen atoms in total. The Balaban J connectivity index is 2.60. The Morgan fingerprint density at radius 2 is 2.38 bits per heavy atom. The third kappa shape index (κ3) is 1.58. The van der Waals surface area contributed by atoms with Gasteiger partial charge in [0, 0.05) is 18.0 Å². The lowest BCUT2D eigenvalue weighted by molar-refractivity contribution is 0.0523. The first-order valence-electron chi connectivity index (χ1n) is 4.88. The van der Waals surface area contributed by atoms with E-state index in [1.54, 1.807) is 19.9 Å². The number of nitrogens with one attached hydrogen (secondary N) is 1. The van der Waals surface area contributed by atoms with Gasteiger partial charge in [-0.05, 0) is 13.8 Å². The summed E-state index contributed by atoms with van der Waals surface area (Å²) in [6.07, 6.45) is 1.24. The van der Waals surface area contributed by atoms with Crippen LogP contribution in [0.1, 0.15) is 23.0 Å². The molecule has 0 spiro atoms. The number of hydrogen-bond donors (Lipinski definition) is 1. The van der Waals surface area contributed by atoms with E-state index in [1.165, 1.54) is 10.7 Å². The standard InChI is InChI=1S/C10H11N3O3/c1-3-16-10(15)7-5-11-8-4-6(2)12-13(8)9(7)14/h4-5,12H,3H2,1-2H3. The van der Waals surface area contributed by atoms with E-state index in [0.29, 0.717) is 5.65 Å². The molecule has 2 aromatic heterocycles. The summed E-state index contributed by atoms with van der Waals surface area (Å²) in [5, 5.41) is 2.80. The highest BCUT2D eigenvalue weighted by molar-refractivity contribution is 5.88. The van der Waals surface area contributed by atoms with Gasteiger partial charge in [-0.25, -0.2) is 14.3 Å². The number of nitrogens with zero attached hydrogens (tertiary/aromatic N) is 2. The number of esters is 1. The fraction of sp³-hybridized carbons (Fsp3) is 0.300. The molecule has 0 saturated carbocycles. The highest BCUT2D eigenvalue weighted by atomic mass is 16.5. The molecule has 1 N–H and O–H groups in total. The molecule has 0 atom stereocenters. The van der Waals surface area contributed by atoms with Crippen LogP contribution < -0.4 is 5.56 Å². The maximum absolute atomic E-state index is 11.8. The number of carbonyl (C=O) groups is 1. The Kier molecular flexibility index (Phi) is 2.47. The zero-order chi connectivity index (χ0) is 11.7. The average molecular weight is 221 g/mol. The van der Waals surface area contributed by atoms with Gasteiger partial charge >= 0.3 is 5.97 Å². The van der Waals surface area contributed by atoms with Crippen LogP contribution in [0.25, 0.3) is 5.65 Å². The largest absolute Gasteiger partial charge is 0.462 e. The zero-order valence-electron chi connectivity index (χ0n) is 8.98. The number of aryl methyl sites for hydroxylation is 1. The normalized spacial score (nSPS) is 10.6. The Hall–Kier alpha value is -2.11. The Labute approximate surface area is 90.9 Å². The molecule has 2 heterocycles. The first-order chi connectivity index (χ1) is 7.63. The van der Waals surface area contributed by atoms with Gasteiger partial charge in [0.05, 0.1) is 6.61 Å². The molecule has 0 amide bonds. The van der Waals surface area contributed by atoms with Gasteiger partial charge in [0.15, 0.2) is 5.65 Å². The molecule has 0 aliphatic rings. The molecule has 0 fully saturated rings. The van der Waals surface area contributed by atoms with Crippen molar-refractivity contribution in [3.63, 3.8) is 0 Å².